The van der Waals surface area contributed by atoms with Crippen LogP contribution in [-0.2, 0) is 0 Å². The zero-order valence-electron chi connectivity index (χ0n) is 9.32. The largest absolute Gasteiger partial charge is 0.565 e. The summed E-state index contributed by atoms with van der Waals surface area (Å²) in [7, 11) is 0. The molecule has 0 aliphatic carbocycles. The average Bonchev–Trinajstić information content (AvgIpc) is 2.14. The first-order valence-corrected chi connectivity index (χ1v) is 4.83. The molecule has 1 N–H and O–H groups in total. The number of carboxylic acid groups (broad SMARTS) is 2. The van der Waals surface area contributed by atoms with Crippen molar-refractivity contribution in [3.63, 3.8) is 0 Å². The molecule has 0 rings (SSSR count). The molecule has 14 heavy (non-hydrogen) atoms. The van der Waals surface area contributed by atoms with Gasteiger partial charge in [0.2, 0.25) is 6.16 Å². The van der Waals surface area contributed by atoms with E-state index in [9.17, 15) is 0 Å². The highest BCUT2D eigenvalue weighted by atomic mass is 16.6. The van der Waals surface area contributed by atoms with Gasteiger partial charge in [-0.1, -0.05) is 6.58 Å². The van der Waals surface area contributed by atoms with Crippen LogP contribution in [0.2, 0.25) is 0 Å². The van der Waals surface area contributed by atoms with Gasteiger partial charge in [0.15, 0.2) is 0 Å². The van der Waals surface area contributed by atoms with Gasteiger partial charge in [-0.25, -0.2) is 0 Å². The quantitative estimate of drug-likeness (QED) is 0.534. The second-order valence-electron chi connectivity index (χ2n) is 3.03. The Bertz CT molecular complexity index is 152. The number of likely N-dealkylation sites (N-methyl/N-ethyl adjacent to an activating group) is 1. The van der Waals surface area contributed by atoms with Crippen LogP contribution >= 0.6 is 0 Å². The van der Waals surface area contributed by atoms with E-state index in [0.717, 1.165) is 6.54 Å². The Hall–Kier alpha value is -1.03. The van der Waals surface area contributed by atoms with Gasteiger partial charge < -0.3 is 19.5 Å². The van der Waals surface area contributed by atoms with Crippen molar-refractivity contribution in [2.24, 2.45) is 0 Å². The lowest BCUT2D eigenvalue weighted by molar-refractivity contribution is -0.917. The molecule has 4 nitrogen and oxygen atoms in total. The van der Waals surface area contributed by atoms with Gasteiger partial charge in [0.25, 0.3) is 0 Å². The first kappa shape index (κ1) is 15.4. The summed E-state index contributed by atoms with van der Waals surface area (Å²) in [5.41, 5.74) is 0. The highest BCUT2D eigenvalue weighted by Gasteiger charge is 2.17. The van der Waals surface area contributed by atoms with Crippen molar-refractivity contribution in [2.45, 2.75) is 20.8 Å². The van der Waals surface area contributed by atoms with Crippen LogP contribution < -0.4 is 5.11 Å². The number of quaternary nitrogens is 1. The fraction of sp³-hybridized carbons (Fsp3) is 0.700. The van der Waals surface area contributed by atoms with Gasteiger partial charge >= 0.3 is 0 Å². The summed E-state index contributed by atoms with van der Waals surface area (Å²) in [6, 6.07) is 0. The Labute approximate surface area is 86.1 Å². The molecular weight excluding hydrogens is 182 g/mol. The van der Waals surface area contributed by atoms with Crippen LogP contribution in [0.4, 0.5) is 4.79 Å². The van der Waals surface area contributed by atoms with Gasteiger partial charge in [0.1, 0.15) is 0 Å². The van der Waals surface area contributed by atoms with Crippen LogP contribution in [0.15, 0.2) is 12.7 Å². The minimum absolute atomic E-state index is 1.11. The molecule has 0 aromatic heterocycles. The summed E-state index contributed by atoms with van der Waals surface area (Å²) < 4.78 is 1.18. The molecule has 0 fully saturated rings. The smallest absolute Gasteiger partial charge is 0.249 e. The molecule has 84 valence electrons. The van der Waals surface area contributed by atoms with E-state index in [4.69, 9.17) is 15.0 Å². The van der Waals surface area contributed by atoms with Crippen molar-refractivity contribution in [3.8, 4) is 0 Å². The van der Waals surface area contributed by atoms with Gasteiger partial charge in [0.05, 0.1) is 26.2 Å². The Morgan fingerprint density at radius 1 is 1.36 bits per heavy atom. The summed E-state index contributed by atoms with van der Waals surface area (Å²) in [4.78, 5) is 8.44. The van der Waals surface area contributed by atoms with E-state index in [1.807, 2.05) is 6.08 Å². The second-order valence-corrected chi connectivity index (χ2v) is 3.03. The van der Waals surface area contributed by atoms with Crippen molar-refractivity contribution >= 4 is 6.16 Å². The lowest BCUT2D eigenvalue weighted by Crippen LogP contribution is -2.47. The third-order valence-corrected chi connectivity index (χ3v) is 2.53. The summed E-state index contributed by atoms with van der Waals surface area (Å²) in [5.74, 6) is 0. The molecule has 0 aromatic rings. The van der Waals surface area contributed by atoms with Crippen molar-refractivity contribution in [2.75, 3.05) is 26.2 Å². The van der Waals surface area contributed by atoms with Crippen LogP contribution in [0, 0.1) is 0 Å². The van der Waals surface area contributed by atoms with Crippen LogP contribution in [-0.4, -0.2) is 41.9 Å². The van der Waals surface area contributed by atoms with Gasteiger partial charge in [-0.05, 0) is 26.8 Å². The van der Waals surface area contributed by atoms with Crippen molar-refractivity contribution < 1.29 is 19.5 Å². The maximum atomic E-state index is 8.44. The molecule has 0 radical (unpaired) electrons. The van der Waals surface area contributed by atoms with Gasteiger partial charge in [-0.2, -0.15) is 0 Å². The lowest BCUT2D eigenvalue weighted by atomic mass is 10.3. The number of carbonyl (C=O) groups is 1. The SMILES string of the molecule is C=CC[N+](CC)(CC)CC.O=C([O-])O. The van der Waals surface area contributed by atoms with E-state index >= 15 is 0 Å². The molecule has 0 saturated carbocycles. The molecule has 0 atom stereocenters. The zero-order chi connectivity index (χ0) is 11.6. The number of hydrogen-bond acceptors (Lipinski definition) is 2. The molecule has 0 saturated heterocycles. The number of hydrogen-bond donors (Lipinski definition) is 1. The summed E-state index contributed by atoms with van der Waals surface area (Å²) >= 11 is 0. The molecule has 0 aliphatic heterocycles. The van der Waals surface area contributed by atoms with E-state index < -0.39 is 6.16 Å². The molecule has 0 aliphatic rings. The highest BCUT2D eigenvalue weighted by molar-refractivity contribution is 5.50. The Morgan fingerprint density at radius 2 is 1.64 bits per heavy atom. The van der Waals surface area contributed by atoms with Crippen LogP contribution in [0.5, 0.6) is 0 Å². The first-order chi connectivity index (χ1) is 6.47. The molecule has 0 bridgehead atoms. The predicted molar refractivity (Wildman–Crippen MR) is 55.0 cm³/mol. The van der Waals surface area contributed by atoms with Crippen molar-refractivity contribution in [1.82, 2.24) is 0 Å². The third kappa shape index (κ3) is 7.61. The fourth-order valence-corrected chi connectivity index (χ4v) is 1.33. The summed E-state index contributed by atoms with van der Waals surface area (Å²) in [6.45, 7) is 15.3. The molecule has 0 amide bonds. The maximum Gasteiger partial charge on any atom is 0.249 e. The van der Waals surface area contributed by atoms with Crippen molar-refractivity contribution in [3.05, 3.63) is 12.7 Å². The molecule has 0 heterocycles. The van der Waals surface area contributed by atoms with Gasteiger partial charge in [0, 0.05) is 0 Å². The number of rotatable bonds is 5. The predicted octanol–water partition coefficient (Wildman–Crippen LogP) is 0.937. The van der Waals surface area contributed by atoms with E-state index in [2.05, 4.69) is 27.4 Å². The topological polar surface area (TPSA) is 60.4 Å². The third-order valence-electron chi connectivity index (χ3n) is 2.53. The molecule has 0 aromatic carbocycles. The lowest BCUT2D eigenvalue weighted by Gasteiger charge is -2.34. The van der Waals surface area contributed by atoms with Crippen LogP contribution in [0.3, 0.4) is 0 Å². The average molecular weight is 203 g/mol. The fourth-order valence-electron chi connectivity index (χ4n) is 1.33. The molecular formula is C10H21NO3. The maximum absolute atomic E-state index is 8.44. The monoisotopic (exact) mass is 203 g/mol. The number of nitrogens with zero attached hydrogens (tertiary/aromatic N) is 1. The Balaban J connectivity index is 0. The Morgan fingerprint density at radius 3 is 1.71 bits per heavy atom. The van der Waals surface area contributed by atoms with E-state index in [1.54, 1.807) is 0 Å². The summed E-state index contributed by atoms with van der Waals surface area (Å²) in [6.07, 6.45) is -0.0590. The van der Waals surface area contributed by atoms with Crippen molar-refractivity contribution in [1.29, 1.82) is 0 Å². The minimum Gasteiger partial charge on any atom is -0.565 e. The van der Waals surface area contributed by atoms with Crippen LogP contribution in [0.1, 0.15) is 20.8 Å². The normalized spacial score (nSPS) is 9.93. The van der Waals surface area contributed by atoms with E-state index in [0.29, 0.717) is 0 Å². The summed E-state index contributed by atoms with van der Waals surface area (Å²) in [5, 5.41) is 15.3. The molecule has 4 heteroatoms. The Kier molecular flexibility index (Phi) is 9.45. The standard InChI is InChI=1S/C9H20N.CH2O3/c1-5-9-10(6-2,7-3)8-4;2-1(3)4/h5H,1,6-9H2,2-4H3;(H2,2,3,4)/q+1;/p-1. The molecule has 0 unspecified atom stereocenters. The highest BCUT2D eigenvalue weighted by Crippen LogP contribution is 2.04. The first-order valence-electron chi connectivity index (χ1n) is 4.83. The molecule has 0 spiro atoms. The van der Waals surface area contributed by atoms with Gasteiger partial charge in [-0.3, -0.25) is 0 Å². The second kappa shape index (κ2) is 8.56. The van der Waals surface area contributed by atoms with Gasteiger partial charge in [-0.15, -0.1) is 0 Å². The van der Waals surface area contributed by atoms with E-state index in [1.165, 1.54) is 24.1 Å². The zero-order valence-corrected chi connectivity index (χ0v) is 9.32. The minimum atomic E-state index is -2.08. The van der Waals surface area contributed by atoms with E-state index in [-0.39, 0.29) is 0 Å². The van der Waals surface area contributed by atoms with Crippen LogP contribution in [0.25, 0.3) is 0 Å².